The summed E-state index contributed by atoms with van der Waals surface area (Å²) in [6.45, 7) is 1.90. The molecule has 120 valence electrons. The van der Waals surface area contributed by atoms with Crippen molar-refractivity contribution >= 4 is 5.97 Å². The fourth-order valence-electron chi connectivity index (χ4n) is 3.76. The molecule has 1 unspecified atom stereocenters. The third-order valence-corrected chi connectivity index (χ3v) is 5.21. The van der Waals surface area contributed by atoms with Crippen molar-refractivity contribution in [3.8, 4) is 5.75 Å². The number of hydrogen-bond donors (Lipinski definition) is 0. The number of aryl methyl sites for hydroxylation is 1. The number of benzene rings is 1. The molecule has 1 aromatic carbocycles. The second-order valence-corrected chi connectivity index (χ2v) is 6.38. The maximum atomic E-state index is 14.3. The zero-order valence-electron chi connectivity index (χ0n) is 13.2. The SMILES string of the molecule is CCc1ccc2c(c1F)OC(=O)C(C1CCC(OC)CC1)C2. The topological polar surface area (TPSA) is 35.5 Å². The number of halogens is 1. The molecule has 1 atom stereocenters. The van der Waals surface area contributed by atoms with Crippen molar-refractivity contribution in [3.63, 3.8) is 0 Å². The van der Waals surface area contributed by atoms with Crippen molar-refractivity contribution in [1.29, 1.82) is 0 Å². The summed E-state index contributed by atoms with van der Waals surface area (Å²) in [4.78, 5) is 12.3. The van der Waals surface area contributed by atoms with Gasteiger partial charge in [0.15, 0.2) is 11.6 Å². The van der Waals surface area contributed by atoms with E-state index in [1.54, 1.807) is 7.11 Å². The molecule has 3 nitrogen and oxygen atoms in total. The van der Waals surface area contributed by atoms with Gasteiger partial charge >= 0.3 is 5.97 Å². The monoisotopic (exact) mass is 306 g/mol. The first-order valence-corrected chi connectivity index (χ1v) is 8.18. The number of carbonyl (C=O) groups excluding carboxylic acids is 1. The Bertz CT molecular complexity index is 562. The zero-order valence-corrected chi connectivity index (χ0v) is 13.2. The molecule has 0 spiro atoms. The summed E-state index contributed by atoms with van der Waals surface area (Å²) in [5.41, 5.74) is 1.43. The molecule has 0 aromatic heterocycles. The molecule has 1 saturated carbocycles. The van der Waals surface area contributed by atoms with Crippen LogP contribution in [0.25, 0.3) is 0 Å². The van der Waals surface area contributed by atoms with Gasteiger partial charge in [0.2, 0.25) is 0 Å². The van der Waals surface area contributed by atoms with Crippen molar-refractivity contribution in [1.82, 2.24) is 0 Å². The molecule has 0 radical (unpaired) electrons. The van der Waals surface area contributed by atoms with Gasteiger partial charge < -0.3 is 9.47 Å². The van der Waals surface area contributed by atoms with Gasteiger partial charge in [-0.2, -0.15) is 0 Å². The van der Waals surface area contributed by atoms with Crippen LogP contribution in [0.1, 0.15) is 43.7 Å². The predicted molar refractivity (Wildman–Crippen MR) is 81.4 cm³/mol. The fraction of sp³-hybridized carbons (Fsp3) is 0.611. The lowest BCUT2D eigenvalue weighted by molar-refractivity contribution is -0.143. The van der Waals surface area contributed by atoms with Crippen molar-refractivity contribution in [2.75, 3.05) is 7.11 Å². The van der Waals surface area contributed by atoms with Gasteiger partial charge in [-0.3, -0.25) is 4.79 Å². The summed E-state index contributed by atoms with van der Waals surface area (Å²) in [5.74, 6) is -0.292. The van der Waals surface area contributed by atoms with Gasteiger partial charge in [-0.25, -0.2) is 4.39 Å². The van der Waals surface area contributed by atoms with Crippen molar-refractivity contribution in [2.24, 2.45) is 11.8 Å². The Morgan fingerprint density at radius 3 is 2.64 bits per heavy atom. The number of rotatable bonds is 3. The minimum Gasteiger partial charge on any atom is -0.423 e. The van der Waals surface area contributed by atoms with E-state index < -0.39 is 0 Å². The molecule has 22 heavy (non-hydrogen) atoms. The molecule has 0 bridgehead atoms. The normalized spacial score (nSPS) is 28.1. The van der Waals surface area contributed by atoms with Crippen LogP contribution in [0.5, 0.6) is 5.75 Å². The number of esters is 1. The summed E-state index contributed by atoms with van der Waals surface area (Å²) < 4.78 is 25.1. The third kappa shape index (κ3) is 2.76. The molecule has 3 rings (SSSR count). The molecule has 4 heteroatoms. The van der Waals surface area contributed by atoms with Crippen LogP contribution < -0.4 is 4.74 Å². The van der Waals surface area contributed by atoms with Gasteiger partial charge in [0.1, 0.15) is 0 Å². The van der Waals surface area contributed by atoms with E-state index in [0.717, 1.165) is 31.2 Å². The molecule has 2 aliphatic rings. The minimum atomic E-state index is -0.366. The summed E-state index contributed by atoms with van der Waals surface area (Å²) >= 11 is 0. The van der Waals surface area contributed by atoms with E-state index in [2.05, 4.69) is 0 Å². The summed E-state index contributed by atoms with van der Waals surface area (Å²) in [7, 11) is 1.74. The molecule has 1 fully saturated rings. The van der Waals surface area contributed by atoms with E-state index in [1.165, 1.54) is 0 Å². The highest BCUT2D eigenvalue weighted by atomic mass is 19.1. The van der Waals surface area contributed by atoms with Crippen LogP contribution >= 0.6 is 0 Å². The van der Waals surface area contributed by atoms with Crippen LogP contribution in [0.15, 0.2) is 12.1 Å². The average Bonchev–Trinajstić information content (AvgIpc) is 2.55. The second-order valence-electron chi connectivity index (χ2n) is 6.38. The van der Waals surface area contributed by atoms with Crippen molar-refractivity contribution in [2.45, 2.75) is 51.6 Å². The van der Waals surface area contributed by atoms with Gasteiger partial charge in [-0.05, 0) is 55.6 Å². The first-order chi connectivity index (χ1) is 10.6. The Labute approximate surface area is 130 Å². The molecule has 1 aliphatic carbocycles. The highest BCUT2D eigenvalue weighted by Crippen LogP contribution is 2.39. The highest BCUT2D eigenvalue weighted by molar-refractivity contribution is 5.78. The summed E-state index contributed by atoms with van der Waals surface area (Å²) in [5, 5.41) is 0. The first kappa shape index (κ1) is 15.5. The largest absolute Gasteiger partial charge is 0.423 e. The van der Waals surface area contributed by atoms with E-state index >= 15 is 0 Å². The van der Waals surface area contributed by atoms with E-state index in [0.29, 0.717) is 30.4 Å². The van der Waals surface area contributed by atoms with Gasteiger partial charge in [-0.15, -0.1) is 0 Å². The molecule has 1 heterocycles. The number of ether oxygens (including phenoxy) is 2. The van der Waals surface area contributed by atoms with Gasteiger partial charge in [0.25, 0.3) is 0 Å². The molecule has 0 amide bonds. The van der Waals surface area contributed by atoms with E-state index in [-0.39, 0.29) is 23.5 Å². The highest BCUT2D eigenvalue weighted by Gasteiger charge is 2.38. The van der Waals surface area contributed by atoms with Crippen LogP contribution in [-0.2, 0) is 22.4 Å². The fourth-order valence-corrected chi connectivity index (χ4v) is 3.76. The number of methoxy groups -OCH3 is 1. The van der Waals surface area contributed by atoms with Gasteiger partial charge in [0.05, 0.1) is 12.0 Å². The molecule has 1 aliphatic heterocycles. The standard InChI is InChI=1S/C18H23FO3/c1-3-11-4-5-13-10-15(18(20)22-17(13)16(11)19)12-6-8-14(21-2)9-7-12/h4-5,12,14-15H,3,6-10H2,1-2H3. The maximum Gasteiger partial charge on any atom is 0.315 e. The van der Waals surface area contributed by atoms with Crippen molar-refractivity contribution in [3.05, 3.63) is 29.1 Å². The predicted octanol–water partition coefficient (Wildman–Crippen LogP) is 3.67. The molecule has 0 saturated heterocycles. The summed E-state index contributed by atoms with van der Waals surface area (Å²) in [6, 6.07) is 3.73. The lowest BCUT2D eigenvalue weighted by Gasteiger charge is -2.34. The van der Waals surface area contributed by atoms with Crippen LogP contribution in [0.4, 0.5) is 4.39 Å². The Morgan fingerprint density at radius 1 is 1.27 bits per heavy atom. The Balaban J connectivity index is 1.78. The van der Waals surface area contributed by atoms with E-state index in [1.807, 2.05) is 19.1 Å². The summed E-state index contributed by atoms with van der Waals surface area (Å²) in [6.07, 6.45) is 5.43. The smallest absolute Gasteiger partial charge is 0.315 e. The molecule has 1 aromatic rings. The minimum absolute atomic E-state index is 0.141. The first-order valence-electron chi connectivity index (χ1n) is 8.18. The maximum absolute atomic E-state index is 14.3. The van der Waals surface area contributed by atoms with Crippen LogP contribution in [0.2, 0.25) is 0 Å². The van der Waals surface area contributed by atoms with Gasteiger partial charge in [0, 0.05) is 7.11 Å². The molecular weight excluding hydrogens is 283 g/mol. The Hall–Kier alpha value is -1.42. The lowest BCUT2D eigenvalue weighted by Crippen LogP contribution is -2.36. The van der Waals surface area contributed by atoms with Crippen LogP contribution in [-0.4, -0.2) is 19.2 Å². The Morgan fingerprint density at radius 2 is 2.00 bits per heavy atom. The number of carbonyl (C=O) groups is 1. The van der Waals surface area contributed by atoms with Crippen LogP contribution in [0.3, 0.4) is 0 Å². The number of hydrogen-bond acceptors (Lipinski definition) is 3. The Kier molecular flexibility index (Phi) is 4.48. The van der Waals surface area contributed by atoms with Gasteiger partial charge in [-0.1, -0.05) is 19.1 Å². The zero-order chi connectivity index (χ0) is 15.7. The average molecular weight is 306 g/mol. The third-order valence-electron chi connectivity index (χ3n) is 5.21. The number of fused-ring (bicyclic) bond motifs is 1. The second kappa shape index (κ2) is 6.37. The van der Waals surface area contributed by atoms with Crippen molar-refractivity contribution < 1.29 is 18.7 Å². The quantitative estimate of drug-likeness (QED) is 0.631. The van der Waals surface area contributed by atoms with Crippen LogP contribution in [0, 0.1) is 17.7 Å². The molecule has 0 N–H and O–H groups in total. The van der Waals surface area contributed by atoms with E-state index in [9.17, 15) is 9.18 Å². The van der Waals surface area contributed by atoms with E-state index in [4.69, 9.17) is 9.47 Å². The molecular formula is C18H23FO3. The lowest BCUT2D eigenvalue weighted by atomic mass is 9.75.